The van der Waals surface area contributed by atoms with Gasteiger partial charge in [0.15, 0.2) is 5.13 Å². The van der Waals surface area contributed by atoms with Crippen molar-refractivity contribution in [1.29, 1.82) is 0 Å². The number of anilines is 1. The standard InChI is InChI=1S/C14H20N4S/c1-4-15-8-13-9-16-14(19-13)18(3)10-12-7-5-6-11(2)17-12/h5-7,9,15H,4,8,10H2,1-3H3. The molecule has 0 atom stereocenters. The van der Waals surface area contributed by atoms with Crippen molar-refractivity contribution in [3.8, 4) is 0 Å². The van der Waals surface area contributed by atoms with Crippen LogP contribution in [0.3, 0.4) is 0 Å². The molecular weight excluding hydrogens is 256 g/mol. The van der Waals surface area contributed by atoms with Crippen molar-refractivity contribution in [3.63, 3.8) is 0 Å². The summed E-state index contributed by atoms with van der Waals surface area (Å²) in [5, 5.41) is 4.35. The van der Waals surface area contributed by atoms with Gasteiger partial charge >= 0.3 is 0 Å². The van der Waals surface area contributed by atoms with E-state index in [9.17, 15) is 0 Å². The van der Waals surface area contributed by atoms with E-state index in [-0.39, 0.29) is 0 Å². The number of rotatable bonds is 6. The van der Waals surface area contributed by atoms with Crippen LogP contribution in [0.2, 0.25) is 0 Å². The van der Waals surface area contributed by atoms with Crippen LogP contribution in [-0.2, 0) is 13.1 Å². The summed E-state index contributed by atoms with van der Waals surface area (Å²) < 4.78 is 0. The first-order chi connectivity index (χ1) is 9.19. The van der Waals surface area contributed by atoms with E-state index in [1.54, 1.807) is 11.3 Å². The highest BCUT2D eigenvalue weighted by atomic mass is 32.1. The molecule has 0 fully saturated rings. The maximum atomic E-state index is 4.52. The van der Waals surface area contributed by atoms with Gasteiger partial charge in [-0.25, -0.2) is 4.98 Å². The Morgan fingerprint density at radius 1 is 1.37 bits per heavy atom. The van der Waals surface area contributed by atoms with Gasteiger partial charge in [0.25, 0.3) is 0 Å². The van der Waals surface area contributed by atoms with Crippen molar-refractivity contribution in [1.82, 2.24) is 15.3 Å². The minimum Gasteiger partial charge on any atom is -0.345 e. The molecule has 19 heavy (non-hydrogen) atoms. The minimum absolute atomic E-state index is 0.788. The maximum Gasteiger partial charge on any atom is 0.185 e. The van der Waals surface area contributed by atoms with Crippen LogP contribution >= 0.6 is 11.3 Å². The Morgan fingerprint density at radius 2 is 2.21 bits per heavy atom. The molecule has 0 aliphatic rings. The molecule has 0 bridgehead atoms. The number of pyridine rings is 1. The van der Waals surface area contributed by atoms with Crippen LogP contribution in [0, 0.1) is 6.92 Å². The Hall–Kier alpha value is -1.46. The molecule has 1 N–H and O–H groups in total. The fraction of sp³-hybridized carbons (Fsp3) is 0.429. The monoisotopic (exact) mass is 276 g/mol. The van der Waals surface area contributed by atoms with Gasteiger partial charge in [0, 0.05) is 30.4 Å². The van der Waals surface area contributed by atoms with Crippen molar-refractivity contribution in [2.45, 2.75) is 26.9 Å². The summed E-state index contributed by atoms with van der Waals surface area (Å²) in [7, 11) is 2.06. The van der Waals surface area contributed by atoms with E-state index >= 15 is 0 Å². The molecule has 0 saturated carbocycles. The summed E-state index contributed by atoms with van der Waals surface area (Å²) in [5.74, 6) is 0. The van der Waals surface area contributed by atoms with Crippen molar-refractivity contribution < 1.29 is 0 Å². The van der Waals surface area contributed by atoms with E-state index in [4.69, 9.17) is 0 Å². The molecule has 0 unspecified atom stereocenters. The van der Waals surface area contributed by atoms with Crippen LogP contribution in [-0.4, -0.2) is 23.6 Å². The highest BCUT2D eigenvalue weighted by molar-refractivity contribution is 7.15. The second-order valence-electron chi connectivity index (χ2n) is 4.52. The fourth-order valence-corrected chi connectivity index (χ4v) is 2.64. The second kappa shape index (κ2) is 6.63. The molecular formula is C14H20N4S. The lowest BCUT2D eigenvalue weighted by molar-refractivity contribution is 0.734. The molecule has 2 heterocycles. The molecule has 0 aliphatic heterocycles. The Bertz CT molecular complexity index is 524. The summed E-state index contributed by atoms with van der Waals surface area (Å²) >= 11 is 1.73. The molecule has 0 aliphatic carbocycles. The van der Waals surface area contributed by atoms with E-state index in [2.05, 4.69) is 40.2 Å². The molecule has 102 valence electrons. The number of nitrogens with zero attached hydrogens (tertiary/aromatic N) is 3. The Morgan fingerprint density at radius 3 is 2.95 bits per heavy atom. The second-order valence-corrected chi connectivity index (χ2v) is 5.61. The van der Waals surface area contributed by atoms with Gasteiger partial charge in [0.2, 0.25) is 0 Å². The van der Waals surface area contributed by atoms with Gasteiger partial charge in [-0.1, -0.05) is 13.0 Å². The third kappa shape index (κ3) is 4.01. The Labute approximate surface area is 118 Å². The predicted octanol–water partition coefficient (Wildman–Crippen LogP) is 2.59. The number of thiazole rings is 1. The van der Waals surface area contributed by atoms with E-state index in [1.807, 2.05) is 25.3 Å². The van der Waals surface area contributed by atoms with Crippen LogP contribution in [0.25, 0.3) is 0 Å². The third-order valence-corrected chi connectivity index (χ3v) is 3.87. The summed E-state index contributed by atoms with van der Waals surface area (Å²) in [4.78, 5) is 12.4. The molecule has 0 radical (unpaired) electrons. The number of hydrogen-bond donors (Lipinski definition) is 1. The molecule has 0 amide bonds. The Balaban J connectivity index is 1.99. The van der Waals surface area contributed by atoms with Crippen LogP contribution < -0.4 is 10.2 Å². The number of hydrogen-bond acceptors (Lipinski definition) is 5. The zero-order valence-electron chi connectivity index (χ0n) is 11.7. The largest absolute Gasteiger partial charge is 0.345 e. The van der Waals surface area contributed by atoms with Crippen molar-refractivity contribution in [2.24, 2.45) is 0 Å². The van der Waals surface area contributed by atoms with Crippen LogP contribution in [0.15, 0.2) is 24.4 Å². The first kappa shape index (κ1) is 14.0. The normalized spacial score (nSPS) is 10.7. The highest BCUT2D eigenvalue weighted by Crippen LogP contribution is 2.22. The van der Waals surface area contributed by atoms with Crippen LogP contribution in [0.4, 0.5) is 5.13 Å². The zero-order chi connectivity index (χ0) is 13.7. The summed E-state index contributed by atoms with van der Waals surface area (Å²) in [5.41, 5.74) is 2.13. The van der Waals surface area contributed by atoms with Crippen molar-refractivity contribution in [2.75, 3.05) is 18.5 Å². The van der Waals surface area contributed by atoms with Gasteiger partial charge in [-0.05, 0) is 25.6 Å². The molecule has 2 rings (SSSR count). The molecule has 0 saturated heterocycles. The van der Waals surface area contributed by atoms with Gasteiger partial charge < -0.3 is 10.2 Å². The van der Waals surface area contributed by atoms with Gasteiger partial charge in [0.05, 0.1) is 12.2 Å². The number of nitrogens with one attached hydrogen (secondary N) is 1. The molecule has 2 aromatic heterocycles. The van der Waals surface area contributed by atoms with E-state index in [1.165, 1.54) is 4.88 Å². The minimum atomic E-state index is 0.788. The lowest BCUT2D eigenvalue weighted by Crippen LogP contribution is -2.17. The molecule has 0 spiro atoms. The summed E-state index contributed by atoms with van der Waals surface area (Å²) in [6.45, 7) is 6.79. The zero-order valence-corrected chi connectivity index (χ0v) is 12.5. The Kier molecular flexibility index (Phi) is 4.87. The molecule has 0 aromatic carbocycles. The quantitative estimate of drug-likeness (QED) is 0.880. The summed E-state index contributed by atoms with van der Waals surface area (Å²) in [6.07, 6.45) is 1.95. The maximum absolute atomic E-state index is 4.52. The van der Waals surface area contributed by atoms with Gasteiger partial charge in [-0.3, -0.25) is 4.98 Å². The lowest BCUT2D eigenvalue weighted by Gasteiger charge is -2.15. The first-order valence-electron chi connectivity index (χ1n) is 6.48. The van der Waals surface area contributed by atoms with E-state index in [0.717, 1.165) is 36.2 Å². The number of aryl methyl sites for hydroxylation is 1. The highest BCUT2D eigenvalue weighted by Gasteiger charge is 2.08. The van der Waals surface area contributed by atoms with Crippen LogP contribution in [0.1, 0.15) is 23.2 Å². The predicted molar refractivity (Wildman–Crippen MR) is 80.6 cm³/mol. The molecule has 2 aromatic rings. The van der Waals surface area contributed by atoms with Crippen molar-refractivity contribution in [3.05, 3.63) is 40.7 Å². The SMILES string of the molecule is CCNCc1cnc(N(C)Cc2cccc(C)n2)s1. The molecule has 4 nitrogen and oxygen atoms in total. The summed E-state index contributed by atoms with van der Waals surface area (Å²) in [6, 6.07) is 6.11. The first-order valence-corrected chi connectivity index (χ1v) is 7.29. The fourth-order valence-electron chi connectivity index (χ4n) is 1.80. The van der Waals surface area contributed by atoms with Crippen molar-refractivity contribution >= 4 is 16.5 Å². The average molecular weight is 276 g/mol. The molecule has 5 heteroatoms. The smallest absolute Gasteiger partial charge is 0.185 e. The average Bonchev–Trinajstić information content (AvgIpc) is 2.85. The van der Waals surface area contributed by atoms with Gasteiger partial charge in [0.1, 0.15) is 0 Å². The van der Waals surface area contributed by atoms with Gasteiger partial charge in [-0.15, -0.1) is 11.3 Å². The third-order valence-electron chi connectivity index (χ3n) is 2.76. The van der Waals surface area contributed by atoms with Crippen LogP contribution in [0.5, 0.6) is 0 Å². The number of aromatic nitrogens is 2. The van der Waals surface area contributed by atoms with E-state index in [0.29, 0.717) is 0 Å². The lowest BCUT2D eigenvalue weighted by atomic mass is 10.3. The topological polar surface area (TPSA) is 41.1 Å². The van der Waals surface area contributed by atoms with Gasteiger partial charge in [-0.2, -0.15) is 0 Å². The van der Waals surface area contributed by atoms with E-state index < -0.39 is 0 Å².